The minimum absolute atomic E-state index is 0.128. The molecular weight excluding hydrogens is 312 g/mol. The summed E-state index contributed by atoms with van der Waals surface area (Å²) in [6, 6.07) is 0.501. The van der Waals surface area contributed by atoms with Gasteiger partial charge in [-0.05, 0) is 45.1 Å². The molecule has 25 heavy (non-hydrogen) atoms. The minimum Gasteiger partial charge on any atom is -0.337 e. The lowest BCUT2D eigenvalue weighted by molar-refractivity contribution is 0.0784. The fraction of sp³-hybridized carbons (Fsp3) is 0.700. The Balaban J connectivity index is 1.87. The standard InChI is InChI=1S/C20H32N4O/c1-5-10-24-18-9-8-16(22(4)14-15(2)3)13-17(18)19(21-24)20(25)23-11-6-7-12-23/h5,15-16H,1,6-14H2,2-4H3/t16-/m0/s1. The van der Waals surface area contributed by atoms with Crippen LogP contribution in [0.1, 0.15) is 54.9 Å². The monoisotopic (exact) mass is 344 g/mol. The van der Waals surface area contributed by atoms with Crippen LogP contribution in [0, 0.1) is 5.92 Å². The van der Waals surface area contributed by atoms with E-state index in [4.69, 9.17) is 5.10 Å². The molecule has 2 aliphatic rings. The average molecular weight is 345 g/mol. The largest absolute Gasteiger partial charge is 0.337 e. The van der Waals surface area contributed by atoms with Gasteiger partial charge in [0.05, 0.1) is 6.54 Å². The Bertz CT molecular complexity index is 628. The topological polar surface area (TPSA) is 41.4 Å². The Hall–Kier alpha value is -1.62. The number of nitrogens with zero attached hydrogens (tertiary/aromatic N) is 4. The predicted molar refractivity (Wildman–Crippen MR) is 101 cm³/mol. The fourth-order valence-corrected chi connectivity index (χ4v) is 4.29. The predicted octanol–water partition coefficient (Wildman–Crippen LogP) is 2.75. The Morgan fingerprint density at radius 1 is 1.40 bits per heavy atom. The second-order valence-electron chi connectivity index (χ2n) is 7.97. The van der Waals surface area contributed by atoms with E-state index in [1.54, 1.807) is 0 Å². The van der Waals surface area contributed by atoms with Crippen molar-refractivity contribution in [2.45, 2.75) is 58.5 Å². The summed E-state index contributed by atoms with van der Waals surface area (Å²) in [6.45, 7) is 11.9. The highest BCUT2D eigenvalue weighted by Crippen LogP contribution is 2.29. The van der Waals surface area contributed by atoms with Crippen LogP contribution in [0.2, 0.25) is 0 Å². The third-order valence-electron chi connectivity index (χ3n) is 5.49. The van der Waals surface area contributed by atoms with Crippen LogP contribution in [0.5, 0.6) is 0 Å². The molecule has 0 N–H and O–H groups in total. The number of likely N-dealkylation sites (tertiary alicyclic amines) is 1. The second-order valence-corrected chi connectivity index (χ2v) is 7.97. The molecule has 0 bridgehead atoms. The van der Waals surface area contributed by atoms with Gasteiger partial charge < -0.3 is 9.80 Å². The molecule has 138 valence electrons. The van der Waals surface area contributed by atoms with Crippen LogP contribution >= 0.6 is 0 Å². The molecular formula is C20H32N4O. The van der Waals surface area contributed by atoms with E-state index in [2.05, 4.69) is 32.4 Å². The van der Waals surface area contributed by atoms with Crippen LogP contribution < -0.4 is 0 Å². The number of carbonyl (C=O) groups excluding carboxylic acids is 1. The van der Waals surface area contributed by atoms with Crippen LogP contribution in [0.25, 0.3) is 0 Å². The van der Waals surface area contributed by atoms with Gasteiger partial charge in [0, 0.05) is 36.9 Å². The first-order valence-electron chi connectivity index (χ1n) is 9.70. The van der Waals surface area contributed by atoms with Gasteiger partial charge in [0.1, 0.15) is 0 Å². The van der Waals surface area contributed by atoms with Crippen molar-refractivity contribution in [3.8, 4) is 0 Å². The molecule has 1 atom stereocenters. The van der Waals surface area contributed by atoms with Crippen molar-refractivity contribution in [3.05, 3.63) is 29.6 Å². The Kier molecular flexibility index (Phi) is 5.62. The molecule has 1 fully saturated rings. The molecule has 5 nitrogen and oxygen atoms in total. The van der Waals surface area contributed by atoms with Gasteiger partial charge in [0.25, 0.3) is 5.91 Å². The molecule has 1 aliphatic carbocycles. The number of hydrogen-bond donors (Lipinski definition) is 0. The number of amides is 1. The molecule has 1 aromatic heterocycles. The Morgan fingerprint density at radius 3 is 2.76 bits per heavy atom. The molecule has 1 amide bonds. The molecule has 0 unspecified atom stereocenters. The fourth-order valence-electron chi connectivity index (χ4n) is 4.29. The summed E-state index contributed by atoms with van der Waals surface area (Å²) in [5.74, 6) is 0.782. The second kappa shape index (κ2) is 7.73. The smallest absolute Gasteiger partial charge is 0.274 e. The van der Waals surface area contributed by atoms with Crippen molar-refractivity contribution in [3.63, 3.8) is 0 Å². The number of allylic oxidation sites excluding steroid dienone is 1. The van der Waals surface area contributed by atoms with Gasteiger partial charge in [-0.3, -0.25) is 9.48 Å². The van der Waals surface area contributed by atoms with Crippen LogP contribution in [0.3, 0.4) is 0 Å². The van der Waals surface area contributed by atoms with Gasteiger partial charge in [0.2, 0.25) is 0 Å². The third-order valence-corrected chi connectivity index (χ3v) is 5.49. The summed E-state index contributed by atoms with van der Waals surface area (Å²) in [6.07, 6.45) is 7.16. The SMILES string of the molecule is C=CCn1nc(C(=O)N2CCCC2)c2c1CC[C@H](N(C)CC(C)C)C2. The van der Waals surface area contributed by atoms with Crippen molar-refractivity contribution in [2.24, 2.45) is 5.92 Å². The van der Waals surface area contributed by atoms with Crippen LogP contribution in [-0.2, 0) is 19.4 Å². The van der Waals surface area contributed by atoms with Gasteiger partial charge in [-0.25, -0.2) is 0 Å². The molecule has 1 aliphatic heterocycles. The molecule has 3 rings (SSSR count). The van der Waals surface area contributed by atoms with Crippen molar-refractivity contribution in [2.75, 3.05) is 26.7 Å². The first-order chi connectivity index (χ1) is 12.0. The van der Waals surface area contributed by atoms with Gasteiger partial charge >= 0.3 is 0 Å². The molecule has 0 saturated carbocycles. The summed E-state index contributed by atoms with van der Waals surface area (Å²) in [5, 5.41) is 4.72. The van der Waals surface area contributed by atoms with Crippen molar-refractivity contribution in [1.29, 1.82) is 0 Å². The molecule has 0 radical (unpaired) electrons. The number of carbonyl (C=O) groups is 1. The average Bonchev–Trinajstić information content (AvgIpc) is 3.22. The number of hydrogen-bond acceptors (Lipinski definition) is 3. The van der Waals surface area contributed by atoms with Crippen molar-refractivity contribution < 1.29 is 4.79 Å². The number of fused-ring (bicyclic) bond motifs is 1. The summed E-state index contributed by atoms with van der Waals surface area (Å²) in [5.41, 5.74) is 3.13. The molecule has 2 heterocycles. The zero-order valence-electron chi connectivity index (χ0n) is 16.0. The number of aromatic nitrogens is 2. The van der Waals surface area contributed by atoms with E-state index >= 15 is 0 Å². The van der Waals surface area contributed by atoms with E-state index in [1.807, 2.05) is 15.7 Å². The zero-order chi connectivity index (χ0) is 18.0. The molecule has 5 heteroatoms. The number of likely N-dealkylation sites (N-methyl/N-ethyl adjacent to an activating group) is 1. The maximum absolute atomic E-state index is 13.0. The van der Waals surface area contributed by atoms with Crippen molar-refractivity contribution in [1.82, 2.24) is 19.6 Å². The van der Waals surface area contributed by atoms with E-state index in [0.29, 0.717) is 24.2 Å². The molecule has 0 aromatic carbocycles. The summed E-state index contributed by atoms with van der Waals surface area (Å²) in [7, 11) is 2.21. The highest BCUT2D eigenvalue weighted by molar-refractivity contribution is 5.94. The lowest BCUT2D eigenvalue weighted by Gasteiger charge is -2.33. The van der Waals surface area contributed by atoms with Gasteiger partial charge in [-0.15, -0.1) is 6.58 Å². The Morgan fingerprint density at radius 2 is 2.12 bits per heavy atom. The highest BCUT2D eigenvalue weighted by Gasteiger charge is 2.32. The molecule has 0 spiro atoms. The maximum atomic E-state index is 13.0. The van der Waals surface area contributed by atoms with Gasteiger partial charge in [-0.1, -0.05) is 19.9 Å². The Labute approximate surface area is 151 Å². The molecule has 1 aromatic rings. The van der Waals surface area contributed by atoms with E-state index in [0.717, 1.165) is 51.7 Å². The first kappa shape index (κ1) is 18.2. The van der Waals surface area contributed by atoms with E-state index in [9.17, 15) is 4.79 Å². The zero-order valence-corrected chi connectivity index (χ0v) is 16.0. The van der Waals surface area contributed by atoms with Crippen molar-refractivity contribution >= 4 is 5.91 Å². The third kappa shape index (κ3) is 3.81. The summed E-state index contributed by atoms with van der Waals surface area (Å²) >= 11 is 0. The van der Waals surface area contributed by atoms with Crippen LogP contribution in [0.15, 0.2) is 12.7 Å². The van der Waals surface area contributed by atoms with E-state index in [-0.39, 0.29) is 5.91 Å². The molecule has 1 saturated heterocycles. The minimum atomic E-state index is 0.128. The lowest BCUT2D eigenvalue weighted by Crippen LogP contribution is -2.39. The van der Waals surface area contributed by atoms with Crippen LogP contribution in [0.4, 0.5) is 0 Å². The van der Waals surface area contributed by atoms with Gasteiger partial charge in [0.15, 0.2) is 5.69 Å². The van der Waals surface area contributed by atoms with E-state index in [1.165, 1.54) is 11.3 Å². The number of rotatable bonds is 6. The van der Waals surface area contributed by atoms with E-state index < -0.39 is 0 Å². The maximum Gasteiger partial charge on any atom is 0.274 e. The normalized spacial score (nSPS) is 20.4. The van der Waals surface area contributed by atoms with Gasteiger partial charge in [-0.2, -0.15) is 5.10 Å². The lowest BCUT2D eigenvalue weighted by atomic mass is 9.90. The summed E-state index contributed by atoms with van der Waals surface area (Å²) in [4.78, 5) is 17.4. The highest BCUT2D eigenvalue weighted by atomic mass is 16.2. The van der Waals surface area contributed by atoms with Crippen LogP contribution in [-0.4, -0.2) is 58.2 Å². The summed E-state index contributed by atoms with van der Waals surface area (Å²) < 4.78 is 2.00. The first-order valence-corrected chi connectivity index (χ1v) is 9.70. The quantitative estimate of drug-likeness (QED) is 0.745.